The van der Waals surface area contributed by atoms with Crippen LogP contribution in [0.5, 0.6) is 0 Å². The zero-order valence-corrected chi connectivity index (χ0v) is 9.59. The predicted molar refractivity (Wildman–Crippen MR) is 60.8 cm³/mol. The lowest BCUT2D eigenvalue weighted by Crippen LogP contribution is -2.13. The molecule has 0 fully saturated rings. The van der Waals surface area contributed by atoms with Gasteiger partial charge in [0.05, 0.1) is 0 Å². The molecule has 0 saturated heterocycles. The van der Waals surface area contributed by atoms with E-state index in [0.717, 1.165) is 0 Å². The Morgan fingerprint density at radius 2 is 2.12 bits per heavy atom. The van der Waals surface area contributed by atoms with Crippen molar-refractivity contribution in [1.82, 2.24) is 9.97 Å². The van der Waals surface area contributed by atoms with E-state index < -0.39 is 10.0 Å². The van der Waals surface area contributed by atoms with Crippen LogP contribution in [0, 0.1) is 0 Å². The topological polar surface area (TPSA) is 74.8 Å². The Morgan fingerprint density at radius 3 is 2.75 bits per heavy atom. The Bertz CT molecular complexity index is 581. The minimum absolute atomic E-state index is 0.147. The summed E-state index contributed by atoms with van der Waals surface area (Å²) in [6.45, 7) is 0. The van der Waals surface area contributed by atoms with Crippen molar-refractivity contribution in [3.63, 3.8) is 0 Å². The maximum Gasteiger partial charge on any atom is 0.264 e. The maximum absolute atomic E-state index is 11.8. The van der Waals surface area contributed by atoms with Crippen LogP contribution < -0.4 is 4.72 Å². The number of sulfonamides is 1. The van der Waals surface area contributed by atoms with Gasteiger partial charge in [0.15, 0.2) is 0 Å². The third kappa shape index (κ3) is 2.34. The summed E-state index contributed by atoms with van der Waals surface area (Å²) in [6, 6.07) is 6.16. The van der Waals surface area contributed by atoms with Gasteiger partial charge in [-0.2, -0.15) is 0 Å². The molecule has 0 amide bonds. The second-order valence-corrected chi connectivity index (χ2v) is 5.07. The Kier molecular flexibility index (Phi) is 2.84. The van der Waals surface area contributed by atoms with Crippen LogP contribution in [0.4, 0.5) is 5.82 Å². The van der Waals surface area contributed by atoms with Crippen LogP contribution >= 0.6 is 11.6 Å². The van der Waals surface area contributed by atoms with Gasteiger partial charge >= 0.3 is 0 Å². The van der Waals surface area contributed by atoms with Gasteiger partial charge in [-0.1, -0.05) is 17.7 Å². The molecule has 7 heteroatoms. The van der Waals surface area contributed by atoms with Gasteiger partial charge in [0, 0.05) is 12.4 Å². The zero-order valence-electron chi connectivity index (χ0n) is 8.01. The molecule has 2 aromatic heterocycles. The monoisotopic (exact) mass is 257 g/mol. The second-order valence-electron chi connectivity index (χ2n) is 3.00. The number of anilines is 1. The van der Waals surface area contributed by atoms with Crippen molar-refractivity contribution in [3.05, 3.63) is 41.8 Å². The number of H-pyrrole nitrogens is 1. The summed E-state index contributed by atoms with van der Waals surface area (Å²) < 4.78 is 25.8. The highest BCUT2D eigenvalue weighted by Gasteiger charge is 2.14. The predicted octanol–water partition coefficient (Wildman–Crippen LogP) is 1.86. The van der Waals surface area contributed by atoms with E-state index in [1.54, 1.807) is 12.1 Å². The molecule has 2 rings (SSSR count). The number of hydrogen-bond acceptors (Lipinski definition) is 3. The minimum atomic E-state index is -3.59. The molecule has 0 unspecified atom stereocenters. The van der Waals surface area contributed by atoms with Crippen molar-refractivity contribution < 1.29 is 8.42 Å². The van der Waals surface area contributed by atoms with Crippen LogP contribution in [0.3, 0.4) is 0 Å². The first-order valence-electron chi connectivity index (χ1n) is 4.36. The molecule has 0 aromatic carbocycles. The number of aromatic nitrogens is 2. The molecule has 0 aliphatic carbocycles. The number of aromatic amines is 1. The highest BCUT2D eigenvalue weighted by atomic mass is 35.5. The highest BCUT2D eigenvalue weighted by molar-refractivity contribution is 7.92. The fraction of sp³-hybridized carbons (Fsp3) is 0. The van der Waals surface area contributed by atoms with Gasteiger partial charge in [0.1, 0.15) is 15.9 Å². The maximum atomic E-state index is 11.8. The quantitative estimate of drug-likeness (QED) is 0.824. The molecule has 2 N–H and O–H groups in total. The Morgan fingerprint density at radius 1 is 1.31 bits per heavy atom. The molecule has 2 aromatic rings. The van der Waals surface area contributed by atoms with Gasteiger partial charge in [-0.25, -0.2) is 13.4 Å². The first-order valence-corrected chi connectivity index (χ1v) is 6.22. The molecule has 84 valence electrons. The van der Waals surface area contributed by atoms with E-state index in [-0.39, 0.29) is 15.9 Å². The minimum Gasteiger partial charge on any atom is -0.366 e. The van der Waals surface area contributed by atoms with Crippen LogP contribution in [0.25, 0.3) is 0 Å². The normalized spacial score (nSPS) is 11.3. The van der Waals surface area contributed by atoms with Crippen molar-refractivity contribution in [1.29, 1.82) is 0 Å². The number of hydrogen-bond donors (Lipinski definition) is 2. The fourth-order valence-electron chi connectivity index (χ4n) is 1.14. The lowest BCUT2D eigenvalue weighted by atomic mass is 10.5. The third-order valence-electron chi connectivity index (χ3n) is 1.83. The molecule has 16 heavy (non-hydrogen) atoms. The Labute approximate surface area is 97.5 Å². The summed E-state index contributed by atoms with van der Waals surface area (Å²) in [7, 11) is -3.59. The van der Waals surface area contributed by atoms with E-state index in [9.17, 15) is 8.42 Å². The van der Waals surface area contributed by atoms with Crippen LogP contribution in [0.2, 0.25) is 5.15 Å². The van der Waals surface area contributed by atoms with E-state index in [4.69, 9.17) is 11.6 Å². The summed E-state index contributed by atoms with van der Waals surface area (Å²) in [5, 5.41) is 0.231. The van der Waals surface area contributed by atoms with Gasteiger partial charge in [0.2, 0.25) is 0 Å². The first-order chi connectivity index (χ1) is 7.58. The second kappa shape index (κ2) is 4.15. The van der Waals surface area contributed by atoms with E-state index in [2.05, 4.69) is 14.7 Å². The average Bonchev–Trinajstić information content (AvgIpc) is 2.69. The van der Waals surface area contributed by atoms with E-state index in [0.29, 0.717) is 0 Å². The van der Waals surface area contributed by atoms with Crippen LogP contribution in [-0.4, -0.2) is 18.4 Å². The van der Waals surface area contributed by atoms with Crippen LogP contribution in [0.15, 0.2) is 41.6 Å². The third-order valence-corrected chi connectivity index (χ3v) is 3.40. The smallest absolute Gasteiger partial charge is 0.264 e. The Balaban J connectivity index is 2.29. The summed E-state index contributed by atoms with van der Waals surface area (Å²) in [5.74, 6) is 0.189. The number of halogens is 1. The van der Waals surface area contributed by atoms with E-state index >= 15 is 0 Å². The molecule has 0 saturated carbocycles. The first kappa shape index (κ1) is 11.0. The fourth-order valence-corrected chi connectivity index (χ4v) is 2.28. The van der Waals surface area contributed by atoms with Gasteiger partial charge < -0.3 is 4.98 Å². The van der Waals surface area contributed by atoms with Crippen LogP contribution in [-0.2, 0) is 10.0 Å². The van der Waals surface area contributed by atoms with Gasteiger partial charge in [-0.15, -0.1) is 0 Å². The lowest BCUT2D eigenvalue weighted by Gasteiger charge is -2.05. The van der Waals surface area contributed by atoms with Crippen molar-refractivity contribution >= 4 is 27.4 Å². The van der Waals surface area contributed by atoms with Gasteiger partial charge in [-0.05, 0) is 18.2 Å². The molecular weight excluding hydrogens is 250 g/mol. The van der Waals surface area contributed by atoms with Crippen LogP contribution in [0.1, 0.15) is 0 Å². The number of nitrogens with one attached hydrogen (secondary N) is 2. The average molecular weight is 258 g/mol. The Hall–Kier alpha value is -1.53. The molecule has 2 heterocycles. The molecular formula is C9H8ClN3O2S. The summed E-state index contributed by atoms with van der Waals surface area (Å²) >= 11 is 5.65. The standard InChI is InChI=1S/C9H8ClN3O2S/c10-8-2-1-3-9(12-8)13-16(14,15)7-4-5-11-6-7/h1-6,11H,(H,12,13). The van der Waals surface area contributed by atoms with Crippen molar-refractivity contribution in [2.75, 3.05) is 4.72 Å². The lowest BCUT2D eigenvalue weighted by molar-refractivity contribution is 0.601. The molecule has 0 atom stereocenters. The molecule has 0 aliphatic heterocycles. The number of pyridine rings is 1. The molecule has 0 bridgehead atoms. The van der Waals surface area contributed by atoms with E-state index in [1.165, 1.54) is 24.5 Å². The van der Waals surface area contributed by atoms with Crippen molar-refractivity contribution in [2.24, 2.45) is 0 Å². The number of rotatable bonds is 3. The van der Waals surface area contributed by atoms with Crippen molar-refractivity contribution in [2.45, 2.75) is 4.90 Å². The molecule has 0 aliphatic rings. The van der Waals surface area contributed by atoms with Gasteiger partial charge in [0.25, 0.3) is 10.0 Å². The summed E-state index contributed by atoms with van der Waals surface area (Å²) in [6.07, 6.45) is 2.91. The highest BCUT2D eigenvalue weighted by Crippen LogP contribution is 2.15. The molecule has 0 spiro atoms. The van der Waals surface area contributed by atoms with E-state index in [1.807, 2.05) is 0 Å². The SMILES string of the molecule is O=S(=O)(Nc1cccc(Cl)n1)c1cc[nH]c1. The molecule has 0 radical (unpaired) electrons. The molecule has 5 nitrogen and oxygen atoms in total. The van der Waals surface area contributed by atoms with Crippen molar-refractivity contribution in [3.8, 4) is 0 Å². The summed E-state index contributed by atoms with van der Waals surface area (Å²) in [4.78, 5) is 6.65. The number of nitrogens with zero attached hydrogens (tertiary/aromatic N) is 1. The zero-order chi connectivity index (χ0) is 11.6. The van der Waals surface area contributed by atoms with Gasteiger partial charge in [-0.3, -0.25) is 4.72 Å². The largest absolute Gasteiger partial charge is 0.366 e. The summed E-state index contributed by atoms with van der Waals surface area (Å²) in [5.41, 5.74) is 0.